The maximum Gasteiger partial charge on any atom is 0.111 e. The van der Waals surface area contributed by atoms with E-state index in [1.54, 1.807) is 0 Å². The van der Waals surface area contributed by atoms with Crippen molar-refractivity contribution in [1.82, 2.24) is 9.55 Å². The van der Waals surface area contributed by atoms with Crippen LogP contribution in [0.4, 0.5) is 0 Å². The van der Waals surface area contributed by atoms with Gasteiger partial charge in [0.25, 0.3) is 0 Å². The minimum Gasteiger partial charge on any atom is -0.338 e. The van der Waals surface area contributed by atoms with Crippen molar-refractivity contribution in [2.75, 3.05) is 0 Å². The van der Waals surface area contributed by atoms with Crippen LogP contribution in [0.5, 0.6) is 0 Å². The monoisotopic (exact) mass is 226 g/mol. The van der Waals surface area contributed by atoms with Crippen molar-refractivity contribution in [2.45, 2.75) is 43.9 Å². The quantitative estimate of drug-likeness (QED) is 0.708. The van der Waals surface area contributed by atoms with E-state index in [4.69, 9.17) is 11.6 Å². The number of rotatable bonds is 2. The number of hydrogen-bond acceptors (Lipinski definition) is 1. The minimum atomic E-state index is 0.342. The predicted molar refractivity (Wildman–Crippen MR) is 63.2 cm³/mol. The summed E-state index contributed by atoms with van der Waals surface area (Å²) in [6, 6.07) is 0. The minimum absolute atomic E-state index is 0.342. The molecule has 15 heavy (non-hydrogen) atoms. The lowest BCUT2D eigenvalue weighted by molar-refractivity contribution is 0.289. The van der Waals surface area contributed by atoms with Crippen molar-refractivity contribution in [3.8, 4) is 0 Å². The molecule has 3 heteroatoms. The Labute approximate surface area is 96.7 Å². The summed E-state index contributed by atoms with van der Waals surface area (Å²) >= 11 is 6.27. The third-order valence-corrected chi connectivity index (χ3v) is 4.04. The van der Waals surface area contributed by atoms with Gasteiger partial charge in [-0.25, -0.2) is 4.98 Å². The molecule has 0 radical (unpaired) electrons. The highest BCUT2D eigenvalue weighted by Gasteiger charge is 2.31. The second-order valence-corrected chi connectivity index (χ2v) is 5.20. The van der Waals surface area contributed by atoms with Crippen molar-refractivity contribution in [3.05, 3.63) is 18.2 Å². The average molecular weight is 227 g/mol. The highest BCUT2D eigenvalue weighted by atomic mass is 35.5. The van der Waals surface area contributed by atoms with Crippen molar-refractivity contribution in [2.24, 2.45) is 13.0 Å². The normalized spacial score (nSPS) is 31.8. The molecule has 2 rings (SSSR count). The van der Waals surface area contributed by atoms with E-state index in [0.717, 1.165) is 12.3 Å². The highest BCUT2D eigenvalue weighted by Crippen LogP contribution is 2.40. The zero-order chi connectivity index (χ0) is 10.8. The molecule has 1 aliphatic carbocycles. The molecule has 0 aromatic carbocycles. The maximum absolute atomic E-state index is 6.27. The van der Waals surface area contributed by atoms with Crippen LogP contribution in [0.1, 0.15) is 44.3 Å². The molecule has 0 N–H and O–H groups in total. The third kappa shape index (κ3) is 2.20. The summed E-state index contributed by atoms with van der Waals surface area (Å²) in [5, 5.41) is 0.342. The fourth-order valence-corrected chi connectivity index (χ4v) is 3.04. The molecule has 3 atom stereocenters. The van der Waals surface area contributed by atoms with Gasteiger partial charge in [-0.05, 0) is 25.2 Å². The van der Waals surface area contributed by atoms with Gasteiger partial charge in [0.1, 0.15) is 5.82 Å². The summed E-state index contributed by atoms with van der Waals surface area (Å²) < 4.78 is 2.14. The first-order chi connectivity index (χ1) is 7.22. The topological polar surface area (TPSA) is 17.8 Å². The lowest BCUT2D eigenvalue weighted by atomic mass is 9.77. The van der Waals surface area contributed by atoms with E-state index in [1.165, 1.54) is 25.1 Å². The molecule has 2 nitrogen and oxygen atoms in total. The average Bonchev–Trinajstić information content (AvgIpc) is 2.64. The molecule has 1 heterocycles. The summed E-state index contributed by atoms with van der Waals surface area (Å²) in [5.41, 5.74) is 0. The standard InChI is InChI=1S/C12H19ClN2/c1-3-9-4-5-10(13)8-11(9)12-14-6-7-15(12)2/h6-7,9-11H,3-5,8H2,1-2H3. The van der Waals surface area contributed by atoms with Gasteiger partial charge < -0.3 is 4.57 Å². The van der Waals surface area contributed by atoms with Crippen LogP contribution in [0, 0.1) is 5.92 Å². The molecular weight excluding hydrogens is 208 g/mol. The van der Waals surface area contributed by atoms with E-state index < -0.39 is 0 Å². The van der Waals surface area contributed by atoms with E-state index in [0.29, 0.717) is 11.3 Å². The number of hydrogen-bond donors (Lipinski definition) is 0. The fraction of sp³-hybridized carbons (Fsp3) is 0.750. The summed E-state index contributed by atoms with van der Waals surface area (Å²) in [7, 11) is 2.08. The van der Waals surface area contributed by atoms with E-state index in [1.807, 2.05) is 12.4 Å². The molecule has 0 aliphatic heterocycles. The first kappa shape index (κ1) is 11.0. The fourth-order valence-electron chi connectivity index (χ4n) is 2.72. The van der Waals surface area contributed by atoms with Gasteiger partial charge in [-0.1, -0.05) is 13.3 Å². The number of nitrogens with zero attached hydrogens (tertiary/aromatic N) is 2. The van der Waals surface area contributed by atoms with Crippen LogP contribution >= 0.6 is 11.6 Å². The van der Waals surface area contributed by atoms with Crippen molar-refractivity contribution in [3.63, 3.8) is 0 Å². The summed E-state index contributed by atoms with van der Waals surface area (Å²) in [5.74, 6) is 2.54. The van der Waals surface area contributed by atoms with E-state index in [-0.39, 0.29) is 0 Å². The Bertz CT molecular complexity index is 321. The van der Waals surface area contributed by atoms with E-state index in [9.17, 15) is 0 Å². The van der Waals surface area contributed by atoms with Crippen molar-refractivity contribution >= 4 is 11.6 Å². The van der Waals surface area contributed by atoms with Gasteiger partial charge in [-0.2, -0.15) is 0 Å². The number of imidazole rings is 1. The second kappa shape index (κ2) is 4.56. The van der Waals surface area contributed by atoms with Gasteiger partial charge in [0.2, 0.25) is 0 Å². The van der Waals surface area contributed by atoms with Crippen LogP contribution < -0.4 is 0 Å². The number of halogens is 1. The van der Waals surface area contributed by atoms with Gasteiger partial charge in [0, 0.05) is 30.7 Å². The molecule has 3 unspecified atom stereocenters. The van der Waals surface area contributed by atoms with Crippen molar-refractivity contribution < 1.29 is 0 Å². The Hall–Kier alpha value is -0.500. The van der Waals surface area contributed by atoms with Crippen LogP contribution in [0.3, 0.4) is 0 Å². The molecule has 84 valence electrons. The van der Waals surface area contributed by atoms with Gasteiger partial charge in [0.05, 0.1) is 0 Å². The molecule has 0 saturated heterocycles. The molecule has 0 spiro atoms. The van der Waals surface area contributed by atoms with Gasteiger partial charge in [-0.15, -0.1) is 11.6 Å². The molecule has 1 aliphatic rings. The van der Waals surface area contributed by atoms with Crippen LogP contribution in [-0.4, -0.2) is 14.9 Å². The molecular formula is C12H19ClN2. The van der Waals surface area contributed by atoms with Crippen LogP contribution in [0.15, 0.2) is 12.4 Å². The zero-order valence-corrected chi connectivity index (χ0v) is 10.2. The number of aromatic nitrogens is 2. The molecule has 1 saturated carbocycles. The third-order valence-electron chi connectivity index (χ3n) is 3.64. The Morgan fingerprint density at radius 1 is 1.53 bits per heavy atom. The molecule has 1 aromatic heterocycles. The highest BCUT2D eigenvalue weighted by molar-refractivity contribution is 6.20. The Kier molecular flexibility index (Phi) is 3.35. The first-order valence-electron chi connectivity index (χ1n) is 5.83. The lowest BCUT2D eigenvalue weighted by Crippen LogP contribution is -2.25. The smallest absolute Gasteiger partial charge is 0.111 e. The number of alkyl halides is 1. The van der Waals surface area contributed by atoms with Gasteiger partial charge in [-0.3, -0.25) is 0 Å². The molecule has 0 amide bonds. The Morgan fingerprint density at radius 3 is 2.93 bits per heavy atom. The second-order valence-electron chi connectivity index (χ2n) is 4.58. The Morgan fingerprint density at radius 2 is 2.33 bits per heavy atom. The summed E-state index contributed by atoms with van der Waals surface area (Å²) in [4.78, 5) is 4.48. The maximum atomic E-state index is 6.27. The van der Waals surface area contributed by atoms with E-state index >= 15 is 0 Å². The largest absolute Gasteiger partial charge is 0.338 e. The van der Waals surface area contributed by atoms with Crippen LogP contribution in [0.25, 0.3) is 0 Å². The lowest BCUT2D eigenvalue weighted by Gasteiger charge is -2.32. The van der Waals surface area contributed by atoms with Gasteiger partial charge >= 0.3 is 0 Å². The summed E-state index contributed by atoms with van der Waals surface area (Å²) in [6.07, 6.45) is 8.66. The first-order valence-corrected chi connectivity index (χ1v) is 6.27. The molecule has 0 bridgehead atoms. The van der Waals surface area contributed by atoms with Gasteiger partial charge in [0.15, 0.2) is 0 Å². The molecule has 1 aromatic rings. The summed E-state index contributed by atoms with van der Waals surface area (Å²) in [6.45, 7) is 2.27. The number of aryl methyl sites for hydroxylation is 1. The van der Waals surface area contributed by atoms with Crippen LogP contribution in [0.2, 0.25) is 0 Å². The van der Waals surface area contributed by atoms with Crippen molar-refractivity contribution in [1.29, 1.82) is 0 Å². The zero-order valence-electron chi connectivity index (χ0n) is 9.49. The predicted octanol–water partition coefficient (Wildman–Crippen LogP) is 3.32. The SMILES string of the molecule is CCC1CCC(Cl)CC1c1nccn1C. The van der Waals surface area contributed by atoms with Crippen LogP contribution in [-0.2, 0) is 7.05 Å². The Balaban J connectivity index is 2.20. The molecule has 1 fully saturated rings. The van der Waals surface area contributed by atoms with E-state index in [2.05, 4.69) is 23.5 Å².